The largest absolute Gasteiger partial charge is 0.378 e. The normalized spacial score (nSPS) is 19.2. The number of hydrogen-bond donors (Lipinski definition) is 1. The molecule has 9 heteroatoms. The van der Waals surface area contributed by atoms with E-state index in [1.165, 1.54) is 0 Å². The van der Waals surface area contributed by atoms with Crippen LogP contribution in [0.3, 0.4) is 0 Å². The Morgan fingerprint density at radius 2 is 1.68 bits per heavy atom. The third kappa shape index (κ3) is 6.10. The molecule has 0 radical (unpaired) electrons. The minimum atomic E-state index is -0.235. The lowest BCUT2D eigenvalue weighted by atomic mass is 10.1. The quantitative estimate of drug-likeness (QED) is 0.683. The molecule has 0 spiro atoms. The van der Waals surface area contributed by atoms with Crippen LogP contribution < -0.4 is 5.32 Å². The van der Waals surface area contributed by atoms with Gasteiger partial charge in [0.1, 0.15) is 11.0 Å². The van der Waals surface area contributed by atoms with Gasteiger partial charge < -0.3 is 15.0 Å². The molecule has 3 heterocycles. The van der Waals surface area contributed by atoms with Gasteiger partial charge in [0, 0.05) is 50.8 Å². The number of amides is 2. The number of thiazole rings is 1. The predicted molar refractivity (Wildman–Crippen MR) is 119 cm³/mol. The number of carbonyl (C=O) groups excluding carboxylic acids is 2. The van der Waals surface area contributed by atoms with Gasteiger partial charge in [-0.1, -0.05) is 30.3 Å². The van der Waals surface area contributed by atoms with Gasteiger partial charge >= 0.3 is 0 Å². The molecule has 0 aliphatic carbocycles. The van der Waals surface area contributed by atoms with Crippen molar-refractivity contribution in [2.75, 3.05) is 65.6 Å². The molecule has 0 bridgehead atoms. The monoisotopic (exact) mass is 443 g/mol. The van der Waals surface area contributed by atoms with Crippen molar-refractivity contribution in [2.24, 2.45) is 0 Å². The smallest absolute Gasteiger partial charge is 0.236 e. The standard InChI is InChI=1S/C22H29N5O3S/c28-19(24-21(22-23-6-15-31-22)18-4-2-1-3-5-18)16-25-7-9-26(10-8-25)17-20(29)27-11-13-30-14-12-27/h1-6,15,21H,7-14,16-17H2,(H,24,28). The van der Waals surface area contributed by atoms with Crippen molar-refractivity contribution in [1.29, 1.82) is 0 Å². The fourth-order valence-electron chi connectivity index (χ4n) is 3.93. The molecule has 2 aliphatic rings. The third-order valence-corrected chi connectivity index (χ3v) is 6.53. The summed E-state index contributed by atoms with van der Waals surface area (Å²) < 4.78 is 5.31. The summed E-state index contributed by atoms with van der Waals surface area (Å²) in [6.07, 6.45) is 1.76. The van der Waals surface area contributed by atoms with Crippen molar-refractivity contribution >= 4 is 23.2 Å². The average molecular weight is 444 g/mol. The maximum absolute atomic E-state index is 12.8. The van der Waals surface area contributed by atoms with E-state index in [0.717, 1.165) is 36.8 Å². The number of aromatic nitrogens is 1. The molecule has 2 amide bonds. The Labute approximate surface area is 186 Å². The van der Waals surface area contributed by atoms with E-state index in [1.54, 1.807) is 17.5 Å². The summed E-state index contributed by atoms with van der Waals surface area (Å²) in [6, 6.07) is 9.70. The molecule has 2 aromatic rings. The van der Waals surface area contributed by atoms with E-state index in [0.29, 0.717) is 39.4 Å². The van der Waals surface area contributed by atoms with Gasteiger partial charge in [0.05, 0.1) is 26.3 Å². The zero-order valence-electron chi connectivity index (χ0n) is 17.6. The minimum Gasteiger partial charge on any atom is -0.378 e. The van der Waals surface area contributed by atoms with Crippen LogP contribution in [-0.2, 0) is 14.3 Å². The number of ether oxygens (including phenoxy) is 1. The molecular formula is C22H29N5O3S. The molecule has 2 aliphatic heterocycles. The van der Waals surface area contributed by atoms with E-state index in [4.69, 9.17) is 4.74 Å². The maximum atomic E-state index is 12.8. The summed E-state index contributed by atoms with van der Waals surface area (Å²) in [7, 11) is 0. The van der Waals surface area contributed by atoms with E-state index in [9.17, 15) is 9.59 Å². The number of morpholine rings is 1. The highest BCUT2D eigenvalue weighted by Gasteiger charge is 2.25. The molecule has 0 saturated carbocycles. The second-order valence-corrected chi connectivity index (χ2v) is 8.75. The van der Waals surface area contributed by atoms with Crippen molar-refractivity contribution < 1.29 is 14.3 Å². The van der Waals surface area contributed by atoms with Gasteiger partial charge in [-0.2, -0.15) is 0 Å². The molecule has 31 heavy (non-hydrogen) atoms. The van der Waals surface area contributed by atoms with Crippen molar-refractivity contribution in [3.8, 4) is 0 Å². The first kappa shape index (κ1) is 21.9. The molecule has 1 atom stereocenters. The maximum Gasteiger partial charge on any atom is 0.236 e. The molecular weight excluding hydrogens is 414 g/mol. The molecule has 166 valence electrons. The highest BCUT2D eigenvalue weighted by molar-refractivity contribution is 7.09. The zero-order valence-corrected chi connectivity index (χ0v) is 18.4. The Bertz CT molecular complexity index is 834. The average Bonchev–Trinajstić information content (AvgIpc) is 3.34. The highest BCUT2D eigenvalue weighted by atomic mass is 32.1. The first-order valence-corrected chi connectivity index (χ1v) is 11.6. The van der Waals surface area contributed by atoms with Gasteiger partial charge in [-0.15, -0.1) is 11.3 Å². The number of nitrogens with one attached hydrogen (secondary N) is 1. The number of benzene rings is 1. The molecule has 4 rings (SSSR count). The van der Waals surface area contributed by atoms with E-state index in [1.807, 2.05) is 40.6 Å². The fraction of sp³-hybridized carbons (Fsp3) is 0.500. The van der Waals surface area contributed by atoms with Crippen LogP contribution in [0.1, 0.15) is 16.6 Å². The van der Waals surface area contributed by atoms with Crippen LogP contribution in [0.2, 0.25) is 0 Å². The molecule has 1 N–H and O–H groups in total. The van der Waals surface area contributed by atoms with Crippen molar-refractivity contribution in [3.63, 3.8) is 0 Å². The molecule has 1 unspecified atom stereocenters. The van der Waals surface area contributed by atoms with E-state index in [2.05, 4.69) is 20.1 Å². The van der Waals surface area contributed by atoms with E-state index in [-0.39, 0.29) is 17.9 Å². The highest BCUT2D eigenvalue weighted by Crippen LogP contribution is 2.23. The van der Waals surface area contributed by atoms with Crippen LogP contribution >= 0.6 is 11.3 Å². The second kappa shape index (κ2) is 10.8. The Hall–Kier alpha value is -2.33. The van der Waals surface area contributed by atoms with Gasteiger partial charge in [-0.25, -0.2) is 4.98 Å². The van der Waals surface area contributed by atoms with Crippen LogP contribution in [0.15, 0.2) is 41.9 Å². The summed E-state index contributed by atoms with van der Waals surface area (Å²) in [5, 5.41) is 5.96. The number of carbonyl (C=O) groups is 2. The number of hydrogen-bond acceptors (Lipinski definition) is 7. The van der Waals surface area contributed by atoms with Crippen molar-refractivity contribution in [2.45, 2.75) is 6.04 Å². The number of nitrogens with zero attached hydrogens (tertiary/aromatic N) is 4. The summed E-state index contributed by atoms with van der Waals surface area (Å²) in [5.41, 5.74) is 1.03. The molecule has 1 aromatic heterocycles. The Morgan fingerprint density at radius 1 is 1.00 bits per heavy atom. The molecule has 8 nitrogen and oxygen atoms in total. The Balaban J connectivity index is 1.25. The Kier molecular flexibility index (Phi) is 7.63. The Morgan fingerprint density at radius 3 is 2.32 bits per heavy atom. The van der Waals surface area contributed by atoms with Crippen LogP contribution in [0.25, 0.3) is 0 Å². The van der Waals surface area contributed by atoms with Crippen molar-refractivity contribution in [1.82, 2.24) is 25.0 Å². The summed E-state index contributed by atoms with van der Waals surface area (Å²) in [4.78, 5) is 35.8. The van der Waals surface area contributed by atoms with Gasteiger partial charge in [0.15, 0.2) is 0 Å². The van der Waals surface area contributed by atoms with Crippen molar-refractivity contribution in [3.05, 3.63) is 52.5 Å². The predicted octanol–water partition coefficient (Wildman–Crippen LogP) is 0.825. The first-order valence-electron chi connectivity index (χ1n) is 10.7. The van der Waals surface area contributed by atoms with Crippen LogP contribution in [0.5, 0.6) is 0 Å². The second-order valence-electron chi connectivity index (χ2n) is 7.83. The first-order chi connectivity index (χ1) is 15.2. The van der Waals surface area contributed by atoms with Crippen LogP contribution in [0.4, 0.5) is 0 Å². The van der Waals surface area contributed by atoms with Gasteiger partial charge in [-0.05, 0) is 5.56 Å². The number of rotatable bonds is 7. The lowest BCUT2D eigenvalue weighted by molar-refractivity contribution is -0.137. The number of piperazine rings is 1. The fourth-order valence-corrected chi connectivity index (χ4v) is 4.64. The molecule has 2 saturated heterocycles. The lowest BCUT2D eigenvalue weighted by Gasteiger charge is -2.35. The van der Waals surface area contributed by atoms with Gasteiger partial charge in [0.25, 0.3) is 0 Å². The topological polar surface area (TPSA) is 78.0 Å². The van der Waals surface area contributed by atoms with Gasteiger partial charge in [-0.3, -0.25) is 19.4 Å². The zero-order chi connectivity index (χ0) is 21.5. The summed E-state index contributed by atoms with van der Waals surface area (Å²) >= 11 is 1.54. The van der Waals surface area contributed by atoms with Crippen LogP contribution in [0, 0.1) is 0 Å². The summed E-state index contributed by atoms with van der Waals surface area (Å²) in [5.74, 6) is 0.158. The SMILES string of the molecule is O=C(CN1CCN(CC(=O)N2CCOCC2)CC1)NC(c1ccccc1)c1nccs1. The molecule has 2 fully saturated rings. The molecule has 1 aromatic carbocycles. The summed E-state index contributed by atoms with van der Waals surface area (Å²) in [6.45, 7) is 6.53. The van der Waals surface area contributed by atoms with E-state index >= 15 is 0 Å². The lowest BCUT2D eigenvalue weighted by Crippen LogP contribution is -2.53. The third-order valence-electron chi connectivity index (χ3n) is 5.69. The van der Waals surface area contributed by atoms with Gasteiger partial charge in [0.2, 0.25) is 11.8 Å². The van der Waals surface area contributed by atoms with E-state index < -0.39 is 0 Å². The van der Waals surface area contributed by atoms with Crippen LogP contribution in [-0.4, -0.2) is 97.1 Å². The minimum absolute atomic E-state index is 0.0121.